The van der Waals surface area contributed by atoms with Crippen LogP contribution in [0.5, 0.6) is 0 Å². The fourth-order valence-electron chi connectivity index (χ4n) is 2.44. The summed E-state index contributed by atoms with van der Waals surface area (Å²) in [6.07, 6.45) is 3.41. The van der Waals surface area contributed by atoms with Gasteiger partial charge in [0, 0.05) is 12.4 Å². The Morgan fingerprint density at radius 2 is 1.04 bits per heavy atom. The maximum atomic E-state index is 11.2. The average Bonchev–Trinajstić information content (AvgIpc) is 2.62. The van der Waals surface area contributed by atoms with E-state index in [-0.39, 0.29) is 11.1 Å². The summed E-state index contributed by atoms with van der Waals surface area (Å²) in [6, 6.07) is 15.3. The number of rotatable bonds is 4. The van der Waals surface area contributed by atoms with Crippen LogP contribution in [0.2, 0.25) is 0 Å². The van der Waals surface area contributed by atoms with Crippen LogP contribution in [-0.4, -0.2) is 27.1 Å². The predicted molar refractivity (Wildman–Crippen MR) is 89.0 cm³/mol. The summed E-state index contributed by atoms with van der Waals surface area (Å²) in [6.45, 7) is 0. The summed E-state index contributed by atoms with van der Waals surface area (Å²) in [5.41, 5.74) is 3.20. The van der Waals surface area contributed by atoms with Crippen LogP contribution in [0.1, 0.15) is 20.7 Å². The summed E-state index contributed by atoms with van der Waals surface area (Å²) in [5.74, 6) is -2.32. The molecule has 0 radical (unpaired) electrons. The zero-order valence-electron chi connectivity index (χ0n) is 12.5. The zero-order valence-corrected chi connectivity index (χ0v) is 12.5. The minimum Gasteiger partial charge on any atom is -0.478 e. The van der Waals surface area contributed by atoms with Crippen molar-refractivity contribution < 1.29 is 19.8 Å². The van der Waals surface area contributed by atoms with E-state index in [0.717, 1.165) is 22.8 Å². The van der Waals surface area contributed by atoms with Crippen LogP contribution in [0.15, 0.2) is 67.0 Å². The van der Waals surface area contributed by atoms with Crippen molar-refractivity contribution in [1.82, 2.24) is 4.98 Å². The molecule has 0 saturated heterocycles. The molecule has 1 heterocycles. The van der Waals surface area contributed by atoms with Crippen molar-refractivity contribution in [3.05, 3.63) is 78.1 Å². The second-order valence-electron chi connectivity index (χ2n) is 5.22. The third kappa shape index (κ3) is 3.15. The van der Waals surface area contributed by atoms with Gasteiger partial charge in [-0.2, -0.15) is 0 Å². The Labute approximate surface area is 137 Å². The van der Waals surface area contributed by atoms with E-state index < -0.39 is 11.9 Å². The highest BCUT2D eigenvalue weighted by Gasteiger charge is 2.12. The largest absolute Gasteiger partial charge is 0.478 e. The standard InChI is InChI=1S/C19H13NO4/c21-18(22)16-9-15(10-17(11-16)19(23)24)13-3-1-12(2-4-13)14-5-7-20-8-6-14/h1-11H,(H,21,22)(H,23,24). The van der Waals surface area contributed by atoms with Crippen LogP contribution in [0, 0.1) is 0 Å². The Bertz CT molecular complexity index is 870. The number of pyridine rings is 1. The van der Waals surface area contributed by atoms with Gasteiger partial charge in [-0.1, -0.05) is 24.3 Å². The number of benzene rings is 2. The zero-order chi connectivity index (χ0) is 17.1. The average molecular weight is 319 g/mol. The van der Waals surface area contributed by atoms with Gasteiger partial charge in [-0.3, -0.25) is 4.98 Å². The minimum absolute atomic E-state index is 0.0527. The van der Waals surface area contributed by atoms with Gasteiger partial charge in [-0.05, 0) is 52.6 Å². The highest BCUT2D eigenvalue weighted by atomic mass is 16.4. The number of hydrogen-bond donors (Lipinski definition) is 2. The lowest BCUT2D eigenvalue weighted by Crippen LogP contribution is -2.03. The first-order valence-corrected chi connectivity index (χ1v) is 7.17. The molecule has 2 N–H and O–H groups in total. The van der Waals surface area contributed by atoms with E-state index in [0.29, 0.717) is 5.56 Å². The van der Waals surface area contributed by atoms with Crippen LogP contribution in [0.4, 0.5) is 0 Å². The molecule has 5 nitrogen and oxygen atoms in total. The maximum Gasteiger partial charge on any atom is 0.335 e. The summed E-state index contributed by atoms with van der Waals surface area (Å²) in [5, 5.41) is 18.3. The van der Waals surface area contributed by atoms with E-state index in [1.54, 1.807) is 12.4 Å². The fraction of sp³-hybridized carbons (Fsp3) is 0. The topological polar surface area (TPSA) is 87.5 Å². The van der Waals surface area contributed by atoms with E-state index in [1.165, 1.54) is 12.1 Å². The van der Waals surface area contributed by atoms with E-state index in [1.807, 2.05) is 36.4 Å². The molecule has 0 amide bonds. The van der Waals surface area contributed by atoms with Gasteiger partial charge in [0.15, 0.2) is 0 Å². The number of aromatic carboxylic acids is 2. The Kier molecular flexibility index (Phi) is 4.07. The van der Waals surface area contributed by atoms with Crippen LogP contribution in [0.25, 0.3) is 22.3 Å². The summed E-state index contributed by atoms with van der Waals surface area (Å²) < 4.78 is 0. The molecule has 118 valence electrons. The van der Waals surface area contributed by atoms with Gasteiger partial charge in [-0.15, -0.1) is 0 Å². The Balaban J connectivity index is 2.03. The van der Waals surface area contributed by atoms with Gasteiger partial charge >= 0.3 is 11.9 Å². The SMILES string of the molecule is O=C(O)c1cc(C(=O)O)cc(-c2ccc(-c3ccncc3)cc2)c1. The third-order valence-electron chi connectivity index (χ3n) is 3.66. The van der Waals surface area contributed by atoms with E-state index >= 15 is 0 Å². The molecule has 0 spiro atoms. The lowest BCUT2D eigenvalue weighted by Gasteiger charge is -2.07. The minimum atomic E-state index is -1.16. The number of carboxylic acids is 2. The van der Waals surface area contributed by atoms with E-state index in [9.17, 15) is 9.59 Å². The van der Waals surface area contributed by atoms with Crippen LogP contribution in [-0.2, 0) is 0 Å². The van der Waals surface area contributed by atoms with Crippen LogP contribution in [0.3, 0.4) is 0 Å². The number of carbonyl (C=O) groups is 2. The molecule has 0 aliphatic heterocycles. The third-order valence-corrected chi connectivity index (χ3v) is 3.66. The van der Waals surface area contributed by atoms with Crippen molar-refractivity contribution in [2.75, 3.05) is 0 Å². The number of aromatic nitrogens is 1. The summed E-state index contributed by atoms with van der Waals surface area (Å²) >= 11 is 0. The molecular formula is C19H13NO4. The van der Waals surface area contributed by atoms with Gasteiger partial charge in [0.05, 0.1) is 11.1 Å². The fourth-order valence-corrected chi connectivity index (χ4v) is 2.44. The van der Waals surface area contributed by atoms with Crippen molar-refractivity contribution >= 4 is 11.9 Å². The van der Waals surface area contributed by atoms with Crippen molar-refractivity contribution in [2.45, 2.75) is 0 Å². The highest BCUT2D eigenvalue weighted by molar-refractivity contribution is 5.96. The first-order valence-electron chi connectivity index (χ1n) is 7.17. The molecule has 0 saturated carbocycles. The smallest absolute Gasteiger partial charge is 0.335 e. The first kappa shape index (κ1) is 15.4. The predicted octanol–water partition coefficient (Wildman–Crippen LogP) is 3.81. The Morgan fingerprint density at radius 3 is 1.50 bits per heavy atom. The lowest BCUT2D eigenvalue weighted by molar-refractivity contribution is 0.0696. The van der Waals surface area contributed by atoms with Crippen molar-refractivity contribution in [1.29, 1.82) is 0 Å². The van der Waals surface area contributed by atoms with Crippen molar-refractivity contribution in [3.8, 4) is 22.3 Å². The van der Waals surface area contributed by atoms with Gasteiger partial charge in [0.1, 0.15) is 0 Å². The first-order chi connectivity index (χ1) is 11.5. The van der Waals surface area contributed by atoms with E-state index in [2.05, 4.69) is 4.98 Å². The normalized spacial score (nSPS) is 10.3. The molecule has 3 rings (SSSR count). The summed E-state index contributed by atoms with van der Waals surface area (Å²) in [7, 11) is 0. The molecule has 1 aromatic heterocycles. The van der Waals surface area contributed by atoms with Crippen LogP contribution < -0.4 is 0 Å². The molecular weight excluding hydrogens is 306 g/mol. The Hall–Kier alpha value is -3.47. The van der Waals surface area contributed by atoms with Crippen molar-refractivity contribution in [3.63, 3.8) is 0 Å². The number of carboxylic acid groups (broad SMARTS) is 2. The molecule has 24 heavy (non-hydrogen) atoms. The van der Waals surface area contributed by atoms with Gasteiger partial charge in [-0.25, -0.2) is 9.59 Å². The van der Waals surface area contributed by atoms with Crippen molar-refractivity contribution in [2.24, 2.45) is 0 Å². The molecule has 0 unspecified atom stereocenters. The molecule has 0 atom stereocenters. The van der Waals surface area contributed by atoms with Gasteiger partial charge < -0.3 is 10.2 Å². The molecule has 0 fully saturated rings. The second-order valence-corrected chi connectivity index (χ2v) is 5.22. The molecule has 0 aliphatic rings. The van der Waals surface area contributed by atoms with E-state index in [4.69, 9.17) is 10.2 Å². The highest BCUT2D eigenvalue weighted by Crippen LogP contribution is 2.26. The molecule has 3 aromatic rings. The lowest BCUT2D eigenvalue weighted by atomic mass is 9.97. The molecule has 0 aliphatic carbocycles. The molecule has 2 aromatic carbocycles. The second kappa shape index (κ2) is 6.34. The van der Waals surface area contributed by atoms with Gasteiger partial charge in [0.2, 0.25) is 0 Å². The monoisotopic (exact) mass is 319 g/mol. The maximum absolute atomic E-state index is 11.2. The molecule has 0 bridgehead atoms. The van der Waals surface area contributed by atoms with Crippen LogP contribution >= 0.6 is 0 Å². The molecule has 5 heteroatoms. The Morgan fingerprint density at radius 1 is 0.625 bits per heavy atom. The van der Waals surface area contributed by atoms with Gasteiger partial charge in [0.25, 0.3) is 0 Å². The quantitative estimate of drug-likeness (QED) is 0.763. The summed E-state index contributed by atoms with van der Waals surface area (Å²) in [4.78, 5) is 26.4. The number of hydrogen-bond acceptors (Lipinski definition) is 3. The number of nitrogens with zero attached hydrogens (tertiary/aromatic N) is 1.